The molecule has 0 aliphatic carbocycles. The van der Waals surface area contributed by atoms with Gasteiger partial charge in [-0.05, 0) is 55.8 Å². The number of ether oxygens (including phenoxy) is 1. The molecule has 1 aliphatic rings. The molecule has 0 fully saturated rings. The van der Waals surface area contributed by atoms with Crippen LogP contribution in [0.2, 0.25) is 5.02 Å². The van der Waals surface area contributed by atoms with Crippen LogP contribution in [0.15, 0.2) is 54.2 Å². The van der Waals surface area contributed by atoms with Gasteiger partial charge in [0, 0.05) is 17.8 Å². The van der Waals surface area contributed by atoms with E-state index in [4.69, 9.17) is 16.3 Å². The summed E-state index contributed by atoms with van der Waals surface area (Å²) in [6.07, 6.45) is 0.0794. The number of hydrogen-bond acceptors (Lipinski definition) is 4. The lowest BCUT2D eigenvalue weighted by Gasteiger charge is -2.12. The Morgan fingerprint density at radius 1 is 0.962 bits per heavy atom. The molecule has 0 aromatic heterocycles. The zero-order valence-electron chi connectivity index (χ0n) is 14.7. The van der Waals surface area contributed by atoms with Crippen molar-refractivity contribution in [3.8, 4) is 5.75 Å². The number of benzene rings is 2. The van der Waals surface area contributed by atoms with Gasteiger partial charge >= 0.3 is 0 Å². The van der Waals surface area contributed by atoms with Gasteiger partial charge in [-0.3, -0.25) is 14.5 Å². The molecular weight excluding hydrogens is 352 g/mol. The maximum Gasteiger partial charge on any atom is 0.277 e. The Kier molecular flexibility index (Phi) is 5.00. The number of carbonyl (C=O) groups is 2. The van der Waals surface area contributed by atoms with E-state index in [1.165, 1.54) is 7.05 Å². The van der Waals surface area contributed by atoms with Crippen molar-refractivity contribution in [2.45, 2.75) is 20.0 Å². The second kappa shape index (κ2) is 7.22. The van der Waals surface area contributed by atoms with Crippen molar-refractivity contribution in [3.05, 3.63) is 64.8 Å². The third kappa shape index (κ3) is 3.58. The fourth-order valence-corrected chi connectivity index (χ4v) is 2.80. The highest BCUT2D eigenvalue weighted by molar-refractivity contribution is 6.36. The summed E-state index contributed by atoms with van der Waals surface area (Å²) in [7, 11) is 1.47. The number of likely N-dealkylation sites (N-methyl/N-ethyl adjacent to an activating group) is 1. The summed E-state index contributed by atoms with van der Waals surface area (Å²) >= 11 is 5.92. The molecule has 0 unspecified atom stereocenters. The van der Waals surface area contributed by atoms with E-state index in [1.54, 1.807) is 36.4 Å². The number of carbonyl (C=O) groups excluding carboxylic acids is 2. The second-order valence-corrected chi connectivity index (χ2v) is 6.68. The average Bonchev–Trinajstić information content (AvgIpc) is 2.81. The van der Waals surface area contributed by atoms with E-state index in [1.807, 2.05) is 26.0 Å². The van der Waals surface area contributed by atoms with Gasteiger partial charge in [0.05, 0.1) is 11.7 Å². The van der Waals surface area contributed by atoms with Crippen LogP contribution in [0.1, 0.15) is 19.4 Å². The molecule has 0 saturated heterocycles. The van der Waals surface area contributed by atoms with Crippen molar-refractivity contribution in [1.82, 2.24) is 4.90 Å². The number of rotatable bonds is 5. The number of nitrogens with zero attached hydrogens (tertiary/aromatic N) is 1. The standard InChI is InChI=1S/C20H19ClN2O3/c1-12(2)26-16-10-8-15(9-11-16)22-18-17(19(24)23(3)20(18)25)13-4-6-14(21)7-5-13/h4-12,22H,1-3H3. The van der Waals surface area contributed by atoms with Gasteiger partial charge in [0.1, 0.15) is 11.4 Å². The zero-order chi connectivity index (χ0) is 18.8. The number of anilines is 1. The van der Waals surface area contributed by atoms with Gasteiger partial charge in [-0.1, -0.05) is 23.7 Å². The van der Waals surface area contributed by atoms with E-state index in [9.17, 15) is 9.59 Å². The summed E-state index contributed by atoms with van der Waals surface area (Å²) < 4.78 is 5.61. The number of halogens is 1. The predicted molar refractivity (Wildman–Crippen MR) is 102 cm³/mol. The second-order valence-electron chi connectivity index (χ2n) is 6.24. The first-order valence-electron chi connectivity index (χ1n) is 8.23. The third-order valence-corrected chi connectivity index (χ3v) is 4.17. The summed E-state index contributed by atoms with van der Waals surface area (Å²) in [6.45, 7) is 3.90. The van der Waals surface area contributed by atoms with Crippen LogP contribution in [-0.4, -0.2) is 29.9 Å². The largest absolute Gasteiger partial charge is 0.491 e. The fraction of sp³-hybridized carbons (Fsp3) is 0.200. The zero-order valence-corrected chi connectivity index (χ0v) is 15.5. The van der Waals surface area contributed by atoms with Gasteiger partial charge in [-0.25, -0.2) is 0 Å². The molecular formula is C20H19ClN2O3. The molecule has 6 heteroatoms. The number of amides is 2. The summed E-state index contributed by atoms with van der Waals surface area (Å²) in [5.41, 5.74) is 1.91. The van der Waals surface area contributed by atoms with E-state index in [0.29, 0.717) is 21.8 Å². The Morgan fingerprint density at radius 3 is 2.15 bits per heavy atom. The maximum atomic E-state index is 12.5. The van der Waals surface area contributed by atoms with Crippen LogP contribution < -0.4 is 10.1 Å². The van der Waals surface area contributed by atoms with Crippen molar-refractivity contribution in [2.75, 3.05) is 12.4 Å². The van der Waals surface area contributed by atoms with Crippen molar-refractivity contribution >= 4 is 34.7 Å². The van der Waals surface area contributed by atoms with E-state index in [0.717, 1.165) is 10.6 Å². The number of imide groups is 1. The van der Waals surface area contributed by atoms with Crippen LogP contribution in [0.3, 0.4) is 0 Å². The van der Waals surface area contributed by atoms with Crippen LogP contribution in [-0.2, 0) is 9.59 Å². The van der Waals surface area contributed by atoms with Crippen LogP contribution in [0, 0.1) is 0 Å². The molecule has 0 saturated carbocycles. The van der Waals surface area contributed by atoms with Gasteiger partial charge in [0.25, 0.3) is 11.8 Å². The van der Waals surface area contributed by atoms with Crippen molar-refractivity contribution in [1.29, 1.82) is 0 Å². The maximum absolute atomic E-state index is 12.5. The van der Waals surface area contributed by atoms with E-state index >= 15 is 0 Å². The number of nitrogens with one attached hydrogen (secondary N) is 1. The molecule has 0 atom stereocenters. The van der Waals surface area contributed by atoms with E-state index < -0.39 is 0 Å². The first-order valence-corrected chi connectivity index (χ1v) is 8.61. The lowest BCUT2D eigenvalue weighted by molar-refractivity contribution is -0.135. The molecule has 0 spiro atoms. The molecule has 2 amide bonds. The highest BCUT2D eigenvalue weighted by Crippen LogP contribution is 2.30. The van der Waals surface area contributed by atoms with E-state index in [-0.39, 0.29) is 23.6 Å². The molecule has 0 bridgehead atoms. The van der Waals surface area contributed by atoms with Gasteiger partial charge in [0.2, 0.25) is 0 Å². The Balaban J connectivity index is 1.94. The lowest BCUT2D eigenvalue weighted by atomic mass is 10.0. The highest BCUT2D eigenvalue weighted by Gasteiger charge is 2.36. The predicted octanol–water partition coefficient (Wildman–Crippen LogP) is 3.95. The molecule has 134 valence electrons. The monoisotopic (exact) mass is 370 g/mol. The first kappa shape index (κ1) is 18.0. The summed E-state index contributed by atoms with van der Waals surface area (Å²) in [5, 5.41) is 3.64. The minimum Gasteiger partial charge on any atom is -0.491 e. The smallest absolute Gasteiger partial charge is 0.277 e. The number of hydrogen-bond donors (Lipinski definition) is 1. The minimum absolute atomic E-state index is 0.0794. The normalized spacial score (nSPS) is 14.4. The quantitative estimate of drug-likeness (QED) is 0.809. The molecule has 2 aromatic carbocycles. The van der Waals surface area contributed by atoms with Crippen molar-refractivity contribution < 1.29 is 14.3 Å². The first-order chi connectivity index (χ1) is 12.4. The summed E-state index contributed by atoms with van der Waals surface area (Å²) in [4.78, 5) is 26.1. The van der Waals surface area contributed by atoms with Crippen LogP contribution >= 0.6 is 11.6 Å². The fourth-order valence-electron chi connectivity index (χ4n) is 2.68. The SMILES string of the molecule is CC(C)Oc1ccc(NC2=C(c3ccc(Cl)cc3)C(=O)N(C)C2=O)cc1. The van der Waals surface area contributed by atoms with Crippen molar-refractivity contribution in [3.63, 3.8) is 0 Å². The minimum atomic E-state index is -0.373. The van der Waals surface area contributed by atoms with Crippen molar-refractivity contribution in [2.24, 2.45) is 0 Å². The molecule has 2 aromatic rings. The van der Waals surface area contributed by atoms with Gasteiger partial charge < -0.3 is 10.1 Å². The Labute approximate surface area is 157 Å². The molecule has 1 heterocycles. The third-order valence-electron chi connectivity index (χ3n) is 3.92. The Hall–Kier alpha value is -2.79. The lowest BCUT2D eigenvalue weighted by Crippen LogP contribution is -2.27. The molecule has 26 heavy (non-hydrogen) atoms. The molecule has 5 nitrogen and oxygen atoms in total. The summed E-state index contributed by atoms with van der Waals surface area (Å²) in [6, 6.07) is 14.1. The molecule has 1 aliphatic heterocycles. The van der Waals surface area contributed by atoms with E-state index in [2.05, 4.69) is 5.32 Å². The Morgan fingerprint density at radius 2 is 1.58 bits per heavy atom. The Bertz CT molecular complexity index is 871. The van der Waals surface area contributed by atoms with Crippen LogP contribution in [0.5, 0.6) is 5.75 Å². The summed E-state index contributed by atoms with van der Waals surface area (Å²) in [5.74, 6) is 0.0189. The van der Waals surface area contributed by atoms with Gasteiger partial charge in [-0.2, -0.15) is 0 Å². The average molecular weight is 371 g/mol. The molecule has 3 rings (SSSR count). The molecule has 1 N–H and O–H groups in total. The van der Waals surface area contributed by atoms with Crippen LogP contribution in [0.25, 0.3) is 5.57 Å². The topological polar surface area (TPSA) is 58.6 Å². The molecule has 0 radical (unpaired) electrons. The van der Waals surface area contributed by atoms with Gasteiger partial charge in [-0.15, -0.1) is 0 Å². The van der Waals surface area contributed by atoms with Crippen LogP contribution in [0.4, 0.5) is 5.69 Å². The highest BCUT2D eigenvalue weighted by atomic mass is 35.5. The van der Waals surface area contributed by atoms with Gasteiger partial charge in [0.15, 0.2) is 0 Å².